The number of nitrogens with zero attached hydrogens (tertiary/aromatic N) is 2. The molecule has 0 aliphatic carbocycles. The lowest BCUT2D eigenvalue weighted by Gasteiger charge is -2.15. The molecule has 0 fully saturated rings. The highest BCUT2D eigenvalue weighted by atomic mass is 35.5. The fourth-order valence-electron chi connectivity index (χ4n) is 2.47. The van der Waals surface area contributed by atoms with Gasteiger partial charge in [0.2, 0.25) is 0 Å². The minimum atomic E-state index is -0.815. The number of amides is 2. The Kier molecular flexibility index (Phi) is 8.13. The first-order chi connectivity index (χ1) is 13.8. The number of alkyl halides is 1. The molecule has 152 valence electrons. The van der Waals surface area contributed by atoms with E-state index < -0.39 is 17.4 Å². The molecule has 0 saturated heterocycles. The summed E-state index contributed by atoms with van der Waals surface area (Å²) in [6.07, 6.45) is 0.763. The predicted octanol–water partition coefficient (Wildman–Crippen LogP) is 3.95. The summed E-state index contributed by atoms with van der Waals surface area (Å²) in [5, 5.41) is 14.2. The summed E-state index contributed by atoms with van der Waals surface area (Å²) in [4.78, 5) is 29.7. The van der Waals surface area contributed by atoms with Crippen LogP contribution in [0.1, 0.15) is 57.9 Å². The maximum atomic E-state index is 12.8. The Morgan fingerprint density at radius 2 is 2.03 bits per heavy atom. The number of anilines is 1. The van der Waals surface area contributed by atoms with Crippen molar-refractivity contribution in [2.24, 2.45) is 0 Å². The lowest BCUT2D eigenvalue weighted by molar-refractivity contribution is 0.0922. The molecule has 2 rings (SSSR count). The highest BCUT2D eigenvalue weighted by Gasteiger charge is 2.20. The van der Waals surface area contributed by atoms with Crippen LogP contribution in [0.5, 0.6) is 0 Å². The van der Waals surface area contributed by atoms with Crippen LogP contribution in [0.25, 0.3) is 0 Å². The largest absolute Gasteiger partial charge is 0.348 e. The van der Waals surface area contributed by atoms with Crippen LogP contribution in [0.15, 0.2) is 36.4 Å². The highest BCUT2D eigenvalue weighted by Crippen LogP contribution is 2.24. The van der Waals surface area contributed by atoms with Gasteiger partial charge in [0.15, 0.2) is 5.56 Å². The Morgan fingerprint density at radius 1 is 1.28 bits per heavy atom. The number of halogens is 1. The van der Waals surface area contributed by atoms with Crippen LogP contribution in [-0.4, -0.2) is 29.4 Å². The monoisotopic (exact) mass is 414 g/mol. The molecule has 0 bridgehead atoms. The Balaban J connectivity index is 2.23. The number of pyridine rings is 1. The first-order valence-corrected chi connectivity index (χ1v) is 9.61. The van der Waals surface area contributed by atoms with E-state index in [0.29, 0.717) is 16.9 Å². The summed E-state index contributed by atoms with van der Waals surface area (Å²) in [5.74, 6) is -0.860. The van der Waals surface area contributed by atoms with E-state index in [2.05, 4.69) is 15.6 Å². The van der Waals surface area contributed by atoms with Crippen molar-refractivity contribution in [2.45, 2.75) is 38.8 Å². The molecule has 1 aromatic carbocycles. The van der Waals surface area contributed by atoms with E-state index in [1.54, 1.807) is 43.3 Å². The van der Waals surface area contributed by atoms with Gasteiger partial charge in [-0.05, 0) is 50.1 Å². The van der Waals surface area contributed by atoms with Crippen LogP contribution in [0.2, 0.25) is 0 Å². The molecule has 0 spiro atoms. The van der Waals surface area contributed by atoms with Crippen LogP contribution in [0.4, 0.5) is 5.69 Å². The molecular formula is C21H23ClN4O3. The van der Waals surface area contributed by atoms with Gasteiger partial charge in [-0.3, -0.25) is 9.59 Å². The van der Waals surface area contributed by atoms with E-state index in [9.17, 15) is 9.59 Å². The maximum Gasteiger partial charge on any atom is 0.270 e. The van der Waals surface area contributed by atoms with Crippen molar-refractivity contribution < 1.29 is 14.3 Å². The average molecular weight is 415 g/mol. The molecule has 2 atom stereocenters. The van der Waals surface area contributed by atoms with E-state index >= 15 is 0 Å². The molecule has 2 amide bonds. The van der Waals surface area contributed by atoms with Gasteiger partial charge in [0.1, 0.15) is 12.3 Å². The number of aromatic nitrogens is 1. The number of ether oxygens (including phenoxy) is 1. The maximum absolute atomic E-state index is 12.8. The van der Waals surface area contributed by atoms with Gasteiger partial charge in [0, 0.05) is 17.4 Å². The molecule has 2 aromatic rings. The summed E-state index contributed by atoms with van der Waals surface area (Å²) in [6.45, 7) is 5.46. The molecule has 0 saturated carbocycles. The van der Waals surface area contributed by atoms with Crippen molar-refractivity contribution >= 4 is 29.1 Å². The van der Waals surface area contributed by atoms with Gasteiger partial charge in [-0.25, -0.2) is 4.98 Å². The number of rotatable bonds is 8. The van der Waals surface area contributed by atoms with Crippen LogP contribution in [0, 0.1) is 18.3 Å². The SMILES string of the molecule is CCC(C)NC(=O)c1nc(C)ccc1C(=O)Nc1cccc(C(Cl)OCC#N)c1. The van der Waals surface area contributed by atoms with Crippen molar-refractivity contribution in [3.8, 4) is 6.07 Å². The number of carbonyl (C=O) groups is 2. The number of carbonyl (C=O) groups excluding carboxylic acids is 2. The van der Waals surface area contributed by atoms with Gasteiger partial charge in [-0.15, -0.1) is 0 Å². The smallest absolute Gasteiger partial charge is 0.270 e. The summed E-state index contributed by atoms with van der Waals surface area (Å²) < 4.78 is 5.16. The second kappa shape index (κ2) is 10.6. The van der Waals surface area contributed by atoms with Crippen LogP contribution in [0.3, 0.4) is 0 Å². The van der Waals surface area contributed by atoms with Gasteiger partial charge in [-0.2, -0.15) is 5.26 Å². The minimum absolute atomic E-state index is 0.0357. The number of nitrogens with one attached hydrogen (secondary N) is 2. The van der Waals surface area contributed by atoms with Crippen molar-refractivity contribution in [2.75, 3.05) is 11.9 Å². The second-order valence-corrected chi connectivity index (χ2v) is 6.89. The molecule has 1 heterocycles. The fraction of sp³-hybridized carbons (Fsp3) is 0.333. The minimum Gasteiger partial charge on any atom is -0.348 e. The Hall–Kier alpha value is -2.95. The van der Waals surface area contributed by atoms with Crippen molar-refractivity contribution in [1.82, 2.24) is 10.3 Å². The Labute approximate surface area is 175 Å². The predicted molar refractivity (Wildman–Crippen MR) is 111 cm³/mol. The third-order valence-corrected chi connectivity index (χ3v) is 4.56. The standard InChI is InChI=1S/C21H23ClN4O3/c1-4-13(2)25-21(28)18-17(9-8-14(3)24-18)20(27)26-16-7-5-6-15(12-16)19(22)29-11-10-23/h5-9,12-13,19H,4,11H2,1-3H3,(H,25,28)(H,26,27). The lowest BCUT2D eigenvalue weighted by Crippen LogP contribution is -2.34. The van der Waals surface area contributed by atoms with E-state index in [4.69, 9.17) is 21.6 Å². The zero-order valence-electron chi connectivity index (χ0n) is 16.5. The Morgan fingerprint density at radius 3 is 2.72 bits per heavy atom. The van der Waals surface area contributed by atoms with Gasteiger partial charge in [0.05, 0.1) is 11.6 Å². The summed E-state index contributed by atoms with van der Waals surface area (Å²) >= 11 is 6.11. The summed E-state index contributed by atoms with van der Waals surface area (Å²) in [7, 11) is 0. The van der Waals surface area contributed by atoms with Crippen LogP contribution in [-0.2, 0) is 4.74 Å². The molecular weight excluding hydrogens is 392 g/mol. The van der Waals surface area contributed by atoms with Gasteiger partial charge in [-0.1, -0.05) is 30.7 Å². The number of aryl methyl sites for hydroxylation is 1. The van der Waals surface area contributed by atoms with Gasteiger partial charge < -0.3 is 15.4 Å². The molecule has 7 nitrogen and oxygen atoms in total. The lowest BCUT2D eigenvalue weighted by atomic mass is 10.1. The number of hydrogen-bond acceptors (Lipinski definition) is 5. The molecule has 8 heteroatoms. The van der Waals surface area contributed by atoms with Gasteiger partial charge in [0.25, 0.3) is 11.8 Å². The van der Waals surface area contributed by atoms with E-state index in [0.717, 1.165) is 6.42 Å². The first kappa shape index (κ1) is 22.3. The fourth-order valence-corrected chi connectivity index (χ4v) is 2.67. The van der Waals surface area contributed by atoms with Gasteiger partial charge >= 0.3 is 0 Å². The number of nitriles is 1. The molecule has 0 aliphatic heterocycles. The summed E-state index contributed by atoms with van der Waals surface area (Å²) in [6, 6.07) is 11.8. The second-order valence-electron chi connectivity index (χ2n) is 6.50. The first-order valence-electron chi connectivity index (χ1n) is 9.18. The third-order valence-electron chi connectivity index (χ3n) is 4.18. The highest BCUT2D eigenvalue weighted by molar-refractivity contribution is 6.20. The molecule has 2 N–H and O–H groups in total. The Bertz CT molecular complexity index is 926. The molecule has 0 aliphatic rings. The van der Waals surface area contributed by atoms with E-state index in [1.165, 1.54) is 0 Å². The zero-order chi connectivity index (χ0) is 21.4. The average Bonchev–Trinajstić information content (AvgIpc) is 2.71. The summed E-state index contributed by atoms with van der Waals surface area (Å²) in [5.41, 5.74) is 1.14. The third kappa shape index (κ3) is 6.28. The number of benzene rings is 1. The van der Waals surface area contributed by atoms with Crippen LogP contribution < -0.4 is 10.6 Å². The van der Waals surface area contributed by atoms with Crippen molar-refractivity contribution in [3.05, 3.63) is 58.9 Å². The van der Waals surface area contributed by atoms with Crippen molar-refractivity contribution in [1.29, 1.82) is 5.26 Å². The van der Waals surface area contributed by atoms with Crippen LogP contribution >= 0.6 is 11.6 Å². The molecule has 29 heavy (non-hydrogen) atoms. The number of hydrogen-bond donors (Lipinski definition) is 2. The zero-order valence-corrected chi connectivity index (χ0v) is 17.3. The van der Waals surface area contributed by atoms with Crippen molar-refractivity contribution in [3.63, 3.8) is 0 Å². The van der Waals surface area contributed by atoms with E-state index in [-0.39, 0.29) is 23.9 Å². The van der Waals surface area contributed by atoms with E-state index in [1.807, 2.05) is 19.9 Å². The normalized spacial score (nSPS) is 12.5. The quantitative estimate of drug-likeness (QED) is 0.636. The topological polar surface area (TPSA) is 104 Å². The molecule has 2 unspecified atom stereocenters. The molecule has 0 radical (unpaired) electrons. The molecule has 1 aromatic heterocycles.